The number of hydrogen-bond acceptors (Lipinski definition) is 3. The van der Waals surface area contributed by atoms with Crippen molar-refractivity contribution in [2.45, 2.75) is 38.8 Å². The topological polar surface area (TPSA) is 35.6 Å². The second-order valence-electron chi connectivity index (χ2n) is 8.09. The van der Waals surface area contributed by atoms with Crippen molar-refractivity contribution in [1.29, 1.82) is 0 Å². The first-order chi connectivity index (χ1) is 14.7. The fraction of sp³-hybridized carbons (Fsp3) is 0.423. The molecule has 30 heavy (non-hydrogen) atoms. The maximum absolute atomic E-state index is 12.9. The summed E-state index contributed by atoms with van der Waals surface area (Å²) < 4.78 is 0. The molecule has 2 aromatic carbocycles. The summed E-state index contributed by atoms with van der Waals surface area (Å²) in [7, 11) is 0. The van der Waals surface area contributed by atoms with Crippen LogP contribution in [-0.4, -0.2) is 54.5 Å². The molecule has 1 heterocycles. The zero-order valence-electron chi connectivity index (χ0n) is 18.3. The Hall–Kier alpha value is -2.43. The highest BCUT2D eigenvalue weighted by Gasteiger charge is 2.26. The Balaban J connectivity index is 1.46. The van der Waals surface area contributed by atoms with E-state index >= 15 is 0 Å². The third-order valence-electron chi connectivity index (χ3n) is 5.90. The summed E-state index contributed by atoms with van der Waals surface area (Å²) in [6.07, 6.45) is 6.42. The number of nitrogens with one attached hydrogen (secondary N) is 1. The number of rotatable bonds is 9. The van der Waals surface area contributed by atoms with Gasteiger partial charge in [0, 0.05) is 32.7 Å². The maximum Gasteiger partial charge on any atom is 0.237 e. The molecule has 0 spiro atoms. The van der Waals surface area contributed by atoms with Crippen LogP contribution in [0, 0.1) is 0 Å². The van der Waals surface area contributed by atoms with Crippen LogP contribution in [-0.2, 0) is 4.79 Å². The molecule has 4 nitrogen and oxygen atoms in total. The van der Waals surface area contributed by atoms with E-state index in [1.54, 1.807) is 0 Å². The third kappa shape index (κ3) is 6.54. The second kappa shape index (κ2) is 11.7. The Morgan fingerprint density at radius 1 is 1.00 bits per heavy atom. The third-order valence-corrected chi connectivity index (χ3v) is 5.90. The van der Waals surface area contributed by atoms with E-state index in [-0.39, 0.29) is 18.0 Å². The van der Waals surface area contributed by atoms with Crippen LogP contribution in [0.4, 0.5) is 0 Å². The monoisotopic (exact) mass is 405 g/mol. The molecule has 4 heteroatoms. The number of piperazine rings is 1. The Kier molecular flexibility index (Phi) is 8.66. The van der Waals surface area contributed by atoms with Crippen LogP contribution in [0.3, 0.4) is 0 Å². The number of amides is 1. The van der Waals surface area contributed by atoms with Crippen molar-refractivity contribution in [2.75, 3.05) is 32.7 Å². The highest BCUT2D eigenvalue weighted by Crippen LogP contribution is 2.19. The van der Waals surface area contributed by atoms with Crippen LogP contribution in [0.25, 0.3) is 6.08 Å². The molecule has 0 saturated carbocycles. The molecule has 160 valence electrons. The van der Waals surface area contributed by atoms with E-state index < -0.39 is 0 Å². The fourth-order valence-electron chi connectivity index (χ4n) is 3.99. The Morgan fingerprint density at radius 2 is 1.63 bits per heavy atom. The van der Waals surface area contributed by atoms with E-state index in [9.17, 15) is 4.79 Å². The molecule has 2 aromatic rings. The Morgan fingerprint density at radius 3 is 2.27 bits per heavy atom. The van der Waals surface area contributed by atoms with Crippen molar-refractivity contribution in [3.8, 4) is 0 Å². The smallest absolute Gasteiger partial charge is 0.237 e. The van der Waals surface area contributed by atoms with Crippen molar-refractivity contribution in [3.63, 3.8) is 0 Å². The normalized spacial score (nSPS) is 17.7. The van der Waals surface area contributed by atoms with E-state index in [0.29, 0.717) is 0 Å². The van der Waals surface area contributed by atoms with Gasteiger partial charge in [0.25, 0.3) is 0 Å². The molecule has 0 bridgehead atoms. The predicted molar refractivity (Wildman–Crippen MR) is 125 cm³/mol. The zero-order valence-corrected chi connectivity index (χ0v) is 18.3. The lowest BCUT2D eigenvalue weighted by atomic mass is 10.0. The highest BCUT2D eigenvalue weighted by molar-refractivity contribution is 5.81. The predicted octanol–water partition coefficient (Wildman–Crippen LogP) is 4.36. The molecule has 1 fully saturated rings. The van der Waals surface area contributed by atoms with Gasteiger partial charge >= 0.3 is 0 Å². The molecule has 1 aliphatic rings. The fourth-order valence-corrected chi connectivity index (χ4v) is 3.99. The Labute approximate surface area is 181 Å². The van der Waals surface area contributed by atoms with Crippen LogP contribution < -0.4 is 5.32 Å². The molecule has 2 unspecified atom stereocenters. The van der Waals surface area contributed by atoms with Gasteiger partial charge in [-0.25, -0.2) is 0 Å². The lowest BCUT2D eigenvalue weighted by Crippen LogP contribution is -2.54. The molecule has 1 saturated heterocycles. The van der Waals surface area contributed by atoms with Crippen LogP contribution in [0.15, 0.2) is 66.7 Å². The number of carbonyl (C=O) groups excluding carboxylic acids is 1. The Bertz CT molecular complexity index is 782. The summed E-state index contributed by atoms with van der Waals surface area (Å²) in [6.45, 7) is 9.00. The van der Waals surface area contributed by atoms with Gasteiger partial charge in [-0.05, 0) is 24.5 Å². The summed E-state index contributed by atoms with van der Waals surface area (Å²) in [5, 5.41) is 3.29. The molecule has 0 aliphatic carbocycles. The molecule has 1 N–H and O–H groups in total. The molecule has 1 aliphatic heterocycles. The quantitative estimate of drug-likeness (QED) is 0.673. The van der Waals surface area contributed by atoms with Crippen molar-refractivity contribution in [1.82, 2.24) is 15.1 Å². The van der Waals surface area contributed by atoms with Crippen LogP contribution in [0.2, 0.25) is 0 Å². The molecule has 3 rings (SSSR count). The zero-order chi connectivity index (χ0) is 21.2. The van der Waals surface area contributed by atoms with Crippen molar-refractivity contribution < 1.29 is 4.79 Å². The summed E-state index contributed by atoms with van der Waals surface area (Å²) in [6, 6.07) is 20.7. The van der Waals surface area contributed by atoms with Crippen LogP contribution in [0.5, 0.6) is 0 Å². The van der Waals surface area contributed by atoms with E-state index in [1.165, 1.54) is 11.1 Å². The van der Waals surface area contributed by atoms with Gasteiger partial charge < -0.3 is 5.32 Å². The first-order valence-corrected chi connectivity index (χ1v) is 11.2. The number of carbonyl (C=O) groups is 1. The molecular weight excluding hydrogens is 370 g/mol. The first-order valence-electron chi connectivity index (χ1n) is 11.2. The summed E-state index contributed by atoms with van der Waals surface area (Å²) >= 11 is 0. The standard InChI is InChI=1S/C26H35N3O/c1-3-11-25(24-15-8-5-9-16-24)27-26(30)22(2)29-20-18-28(19-21-29)17-10-14-23-12-6-4-7-13-23/h4-10,12-16,22,25H,3,11,17-21H2,1-2H3,(H,27,30). The van der Waals surface area contributed by atoms with Crippen molar-refractivity contribution in [2.24, 2.45) is 0 Å². The van der Waals surface area contributed by atoms with Gasteiger partial charge in [0.15, 0.2) is 0 Å². The van der Waals surface area contributed by atoms with Crippen LogP contribution in [0.1, 0.15) is 43.9 Å². The van der Waals surface area contributed by atoms with Gasteiger partial charge in [-0.1, -0.05) is 86.2 Å². The molecule has 1 amide bonds. The SMILES string of the molecule is CCCC(NC(=O)C(C)N1CCN(CC=Cc2ccccc2)CC1)c1ccccc1. The number of hydrogen-bond donors (Lipinski definition) is 1. The maximum atomic E-state index is 12.9. The molecule has 0 aromatic heterocycles. The number of benzene rings is 2. The average Bonchev–Trinajstić information content (AvgIpc) is 2.80. The van der Waals surface area contributed by atoms with Gasteiger partial charge in [-0.15, -0.1) is 0 Å². The average molecular weight is 406 g/mol. The summed E-state index contributed by atoms with van der Waals surface area (Å²) in [5.74, 6) is 0.134. The van der Waals surface area contributed by atoms with Crippen LogP contribution >= 0.6 is 0 Å². The minimum absolute atomic E-state index is 0.0931. The largest absolute Gasteiger partial charge is 0.348 e. The number of nitrogens with zero attached hydrogens (tertiary/aromatic N) is 2. The van der Waals surface area contributed by atoms with E-state index in [2.05, 4.69) is 70.6 Å². The van der Waals surface area contributed by atoms with E-state index in [1.807, 2.05) is 31.2 Å². The minimum atomic E-state index is -0.102. The summed E-state index contributed by atoms with van der Waals surface area (Å²) in [5.41, 5.74) is 2.43. The first kappa shape index (κ1) is 22.3. The molecule has 2 atom stereocenters. The highest BCUT2D eigenvalue weighted by atomic mass is 16.2. The lowest BCUT2D eigenvalue weighted by molar-refractivity contribution is -0.127. The van der Waals surface area contributed by atoms with Gasteiger partial charge in [0.2, 0.25) is 5.91 Å². The van der Waals surface area contributed by atoms with E-state index in [0.717, 1.165) is 45.6 Å². The van der Waals surface area contributed by atoms with Gasteiger partial charge in [0.1, 0.15) is 0 Å². The van der Waals surface area contributed by atoms with Crippen molar-refractivity contribution >= 4 is 12.0 Å². The van der Waals surface area contributed by atoms with E-state index in [4.69, 9.17) is 0 Å². The minimum Gasteiger partial charge on any atom is -0.348 e. The molecule has 0 radical (unpaired) electrons. The van der Waals surface area contributed by atoms with Gasteiger partial charge in [-0.2, -0.15) is 0 Å². The second-order valence-corrected chi connectivity index (χ2v) is 8.09. The van der Waals surface area contributed by atoms with Crippen molar-refractivity contribution in [3.05, 3.63) is 77.9 Å². The lowest BCUT2D eigenvalue weighted by Gasteiger charge is -2.37. The molecular formula is C26H35N3O. The summed E-state index contributed by atoms with van der Waals surface area (Å²) in [4.78, 5) is 17.7. The van der Waals surface area contributed by atoms with Gasteiger partial charge in [0.05, 0.1) is 12.1 Å². The van der Waals surface area contributed by atoms with Gasteiger partial charge in [-0.3, -0.25) is 14.6 Å².